The topological polar surface area (TPSA) is 144 Å². The summed E-state index contributed by atoms with van der Waals surface area (Å²) < 4.78 is 12.1. The van der Waals surface area contributed by atoms with Gasteiger partial charge in [0.1, 0.15) is 11.5 Å². The molecule has 0 radical (unpaired) electrons. The molecular weight excluding hydrogens is 514 g/mol. The Kier molecular flexibility index (Phi) is 5.38. The molecule has 3 aromatic rings. The molecule has 12 heteroatoms. The van der Waals surface area contributed by atoms with E-state index in [2.05, 4.69) is 22.4 Å². The summed E-state index contributed by atoms with van der Waals surface area (Å²) in [5.74, 6) is -0.717. The van der Waals surface area contributed by atoms with Crippen molar-refractivity contribution in [1.29, 1.82) is 5.26 Å². The number of benzene rings is 1. The number of rotatable bonds is 6. The van der Waals surface area contributed by atoms with Crippen molar-refractivity contribution >= 4 is 23.7 Å². The highest BCUT2D eigenvalue weighted by Crippen LogP contribution is 2.62. The molecule has 4 aliphatic rings. The van der Waals surface area contributed by atoms with Gasteiger partial charge < -0.3 is 14.4 Å². The van der Waals surface area contributed by atoms with Gasteiger partial charge in [0.15, 0.2) is 6.61 Å². The van der Waals surface area contributed by atoms with Crippen LogP contribution in [0.2, 0.25) is 0 Å². The fourth-order valence-electron chi connectivity index (χ4n) is 6.63. The molecule has 1 unspecified atom stereocenters. The molecule has 2 aromatic heterocycles. The Labute approximate surface area is 229 Å². The maximum Gasteiger partial charge on any atom is 0.415 e. The van der Waals surface area contributed by atoms with Crippen LogP contribution in [-0.2, 0) is 37.4 Å². The average molecular weight is 540 g/mol. The van der Waals surface area contributed by atoms with Crippen LogP contribution < -0.4 is 4.90 Å². The Morgan fingerprint density at radius 1 is 1.20 bits per heavy atom. The van der Waals surface area contributed by atoms with E-state index in [-0.39, 0.29) is 42.6 Å². The second-order valence-electron chi connectivity index (χ2n) is 10.7. The largest absolute Gasteiger partial charge is 0.456 e. The average Bonchev–Trinajstić information content (AvgIpc) is 3.55. The number of ether oxygens (including phenoxy) is 2. The molecule has 40 heavy (non-hydrogen) atoms. The Balaban J connectivity index is 1.05. The second-order valence-corrected chi connectivity index (χ2v) is 10.7. The number of cyclic esters (lactones) is 1. The number of amides is 2. The maximum atomic E-state index is 12.7. The molecule has 7 rings (SSSR count). The molecule has 0 bridgehead atoms. The van der Waals surface area contributed by atoms with Crippen LogP contribution >= 0.6 is 0 Å². The van der Waals surface area contributed by atoms with Crippen LogP contribution in [-0.4, -0.2) is 74.7 Å². The normalized spacial score (nSPS) is 27.4. The Bertz CT molecular complexity index is 1550. The number of hydrogen-bond acceptors (Lipinski definition) is 9. The first-order chi connectivity index (χ1) is 19.4. The number of piperidine rings is 1. The van der Waals surface area contributed by atoms with E-state index >= 15 is 0 Å². The van der Waals surface area contributed by atoms with Gasteiger partial charge in [-0.2, -0.15) is 5.26 Å². The number of carbonyl (C=O) groups excluding carboxylic acids is 3. The zero-order valence-electron chi connectivity index (χ0n) is 21.6. The van der Waals surface area contributed by atoms with Crippen LogP contribution in [0, 0.1) is 23.2 Å². The standard InChI is InChI=1S/C28H25N7O5/c1-16(36)39-14-26(37)33-11-20-21(12-33)28(20,15-29)25-5-3-18(10-30-25)17-2-4-22-19(8-17)9-23-24(40-27(38)35(22)23)13-34-7-6-31-32-34/h2-8,10,20-21,23-24H,9,11-14H2,1H3/t20-,21+,23-,24-,28?/m0/s1. The summed E-state index contributed by atoms with van der Waals surface area (Å²) >= 11 is 0. The third-order valence-corrected chi connectivity index (χ3v) is 8.65. The zero-order valence-corrected chi connectivity index (χ0v) is 21.6. The Hall–Kier alpha value is -4.79. The van der Waals surface area contributed by atoms with Gasteiger partial charge in [0.2, 0.25) is 0 Å². The van der Waals surface area contributed by atoms with E-state index < -0.39 is 11.4 Å². The smallest absolute Gasteiger partial charge is 0.415 e. The Morgan fingerprint density at radius 3 is 2.67 bits per heavy atom. The highest BCUT2D eigenvalue weighted by atomic mass is 16.6. The van der Waals surface area contributed by atoms with Crippen LogP contribution in [0.1, 0.15) is 18.2 Å². The summed E-state index contributed by atoms with van der Waals surface area (Å²) in [6.07, 6.45) is 5.13. The van der Waals surface area contributed by atoms with Gasteiger partial charge in [-0.05, 0) is 35.7 Å². The van der Waals surface area contributed by atoms with E-state index in [4.69, 9.17) is 14.5 Å². The van der Waals surface area contributed by atoms with E-state index in [1.807, 2.05) is 24.3 Å². The predicted octanol–water partition coefficient (Wildman–Crippen LogP) is 1.70. The third-order valence-electron chi connectivity index (χ3n) is 8.65. The van der Waals surface area contributed by atoms with Crippen molar-refractivity contribution < 1.29 is 23.9 Å². The highest BCUT2D eigenvalue weighted by molar-refractivity contribution is 5.94. The summed E-state index contributed by atoms with van der Waals surface area (Å²) in [5.41, 5.74) is 3.81. The number of nitrogens with zero attached hydrogens (tertiary/aromatic N) is 7. The SMILES string of the molecule is CC(=O)OCC(=O)N1C[C@@H]2[C@H](C1)C2(C#N)c1ccc(-c2ccc3c(c2)C[C@H]2[C@H](Cn4ccnn4)OC(=O)N32)cn1. The van der Waals surface area contributed by atoms with Gasteiger partial charge in [0, 0.05) is 49.8 Å². The summed E-state index contributed by atoms with van der Waals surface area (Å²) in [6, 6.07) is 12.2. The number of fused-ring (bicyclic) bond motifs is 4. The van der Waals surface area contributed by atoms with Crippen molar-refractivity contribution in [1.82, 2.24) is 24.9 Å². The number of aromatic nitrogens is 4. The molecule has 0 N–H and O–H groups in total. The lowest BCUT2D eigenvalue weighted by Gasteiger charge is -2.22. The van der Waals surface area contributed by atoms with Crippen LogP contribution in [0.4, 0.5) is 10.5 Å². The molecule has 1 aliphatic carbocycles. The Morgan fingerprint density at radius 2 is 2.00 bits per heavy atom. The van der Waals surface area contributed by atoms with Gasteiger partial charge >= 0.3 is 12.1 Å². The van der Waals surface area contributed by atoms with E-state index in [0.717, 1.165) is 22.4 Å². The first-order valence-electron chi connectivity index (χ1n) is 13.1. The van der Waals surface area contributed by atoms with Crippen molar-refractivity contribution in [3.63, 3.8) is 0 Å². The van der Waals surface area contributed by atoms with Crippen molar-refractivity contribution in [3.05, 3.63) is 60.2 Å². The number of likely N-dealkylation sites (tertiary alicyclic amines) is 1. The first-order valence-corrected chi connectivity index (χ1v) is 13.1. The number of nitriles is 1. The van der Waals surface area contributed by atoms with Gasteiger partial charge in [-0.3, -0.25) is 19.5 Å². The lowest BCUT2D eigenvalue weighted by molar-refractivity contribution is -0.150. The fraction of sp³-hybridized carbons (Fsp3) is 0.393. The molecule has 3 aliphatic heterocycles. The second kappa shape index (κ2) is 8.87. The van der Waals surface area contributed by atoms with Gasteiger partial charge in [-0.15, -0.1) is 5.10 Å². The summed E-state index contributed by atoms with van der Waals surface area (Å²) in [7, 11) is 0. The van der Waals surface area contributed by atoms with Gasteiger partial charge in [-0.25, -0.2) is 9.48 Å². The molecule has 1 aromatic carbocycles. The van der Waals surface area contributed by atoms with Gasteiger partial charge in [0.25, 0.3) is 5.91 Å². The maximum absolute atomic E-state index is 12.7. The summed E-state index contributed by atoms with van der Waals surface area (Å²) in [6.45, 7) is 2.34. The molecule has 5 heterocycles. The quantitative estimate of drug-likeness (QED) is 0.428. The number of esters is 1. The van der Waals surface area contributed by atoms with Crippen molar-refractivity contribution in [2.24, 2.45) is 11.8 Å². The molecule has 0 spiro atoms. The molecule has 3 fully saturated rings. The lowest BCUT2D eigenvalue weighted by Crippen LogP contribution is -2.37. The van der Waals surface area contributed by atoms with Crippen molar-refractivity contribution in [2.45, 2.75) is 37.5 Å². The van der Waals surface area contributed by atoms with E-state index in [9.17, 15) is 19.6 Å². The zero-order chi connectivity index (χ0) is 27.6. The monoisotopic (exact) mass is 539 g/mol. The molecule has 202 valence electrons. The lowest BCUT2D eigenvalue weighted by atomic mass is 9.95. The molecule has 2 amide bonds. The van der Waals surface area contributed by atoms with E-state index in [0.29, 0.717) is 31.7 Å². The van der Waals surface area contributed by atoms with E-state index in [1.165, 1.54) is 6.92 Å². The molecule has 2 saturated heterocycles. The molecule has 1 saturated carbocycles. The third kappa shape index (κ3) is 3.65. The predicted molar refractivity (Wildman–Crippen MR) is 137 cm³/mol. The minimum Gasteiger partial charge on any atom is -0.456 e. The molecule has 5 atom stereocenters. The van der Waals surface area contributed by atoms with Gasteiger partial charge in [-0.1, -0.05) is 17.3 Å². The summed E-state index contributed by atoms with van der Waals surface area (Å²) in [4.78, 5) is 44.1. The number of pyridine rings is 1. The van der Waals surface area contributed by atoms with Crippen molar-refractivity contribution in [3.8, 4) is 17.2 Å². The van der Waals surface area contributed by atoms with Crippen molar-refractivity contribution in [2.75, 3.05) is 24.6 Å². The number of anilines is 1. The minimum absolute atomic E-state index is 0.0100. The number of hydrogen-bond donors (Lipinski definition) is 0. The molecule has 12 nitrogen and oxygen atoms in total. The number of carbonyl (C=O) groups is 3. The highest BCUT2D eigenvalue weighted by Gasteiger charge is 2.71. The van der Waals surface area contributed by atoms with Crippen LogP contribution in [0.3, 0.4) is 0 Å². The molecular formula is C28H25N7O5. The first kappa shape index (κ1) is 24.3. The fourth-order valence-corrected chi connectivity index (χ4v) is 6.63. The minimum atomic E-state index is -0.709. The van der Waals surface area contributed by atoms with Crippen LogP contribution in [0.15, 0.2) is 48.9 Å². The van der Waals surface area contributed by atoms with Gasteiger partial charge in [0.05, 0.1) is 36.2 Å². The van der Waals surface area contributed by atoms with Crippen LogP contribution in [0.5, 0.6) is 0 Å². The van der Waals surface area contributed by atoms with Crippen LogP contribution in [0.25, 0.3) is 11.1 Å². The summed E-state index contributed by atoms with van der Waals surface area (Å²) in [5, 5.41) is 17.9. The van der Waals surface area contributed by atoms with E-state index in [1.54, 1.807) is 33.1 Å².